The van der Waals surface area contributed by atoms with E-state index in [1.54, 1.807) is 11.7 Å². The maximum Gasteiger partial charge on any atom is 0.149 e. The summed E-state index contributed by atoms with van der Waals surface area (Å²) in [5.41, 5.74) is 7.13. The third-order valence-corrected chi connectivity index (χ3v) is 2.17. The van der Waals surface area contributed by atoms with Crippen molar-refractivity contribution in [2.24, 2.45) is 7.05 Å². The van der Waals surface area contributed by atoms with E-state index in [0.717, 1.165) is 12.0 Å². The van der Waals surface area contributed by atoms with Gasteiger partial charge in [0.15, 0.2) is 0 Å². The molecule has 60 valence electrons. The van der Waals surface area contributed by atoms with Crippen molar-refractivity contribution in [2.75, 3.05) is 5.73 Å². The summed E-state index contributed by atoms with van der Waals surface area (Å²) < 4.78 is 14.6. The Bertz CT molecular complexity index is 292. The smallest absolute Gasteiger partial charge is 0.149 e. The summed E-state index contributed by atoms with van der Waals surface area (Å²) in [6, 6.07) is 0. The quantitative estimate of drug-likeness (QED) is 0.606. The monoisotopic (exact) mass is 155 g/mol. The van der Waals surface area contributed by atoms with Crippen molar-refractivity contribution in [3.63, 3.8) is 0 Å². The lowest BCUT2D eigenvalue weighted by Gasteiger charge is -1.99. The van der Waals surface area contributed by atoms with Crippen LogP contribution in [0.25, 0.3) is 0 Å². The van der Waals surface area contributed by atoms with Crippen molar-refractivity contribution in [1.82, 2.24) is 9.78 Å². The fourth-order valence-electron chi connectivity index (χ4n) is 1.66. The van der Waals surface area contributed by atoms with E-state index < -0.39 is 6.17 Å². The number of anilines is 1. The second-order valence-corrected chi connectivity index (χ2v) is 2.88. The molecule has 1 heterocycles. The van der Waals surface area contributed by atoms with Crippen LogP contribution in [-0.2, 0) is 13.5 Å². The van der Waals surface area contributed by atoms with Crippen LogP contribution in [0.1, 0.15) is 23.8 Å². The van der Waals surface area contributed by atoms with Gasteiger partial charge in [-0.1, -0.05) is 0 Å². The Labute approximate surface area is 64.0 Å². The molecule has 0 amide bonds. The minimum absolute atomic E-state index is 0.489. The SMILES string of the molecule is Cn1nc(N)c2c1C(F)CC2. The predicted octanol–water partition coefficient (Wildman–Crippen LogP) is 0.959. The molecule has 0 spiro atoms. The Kier molecular flexibility index (Phi) is 1.19. The number of rotatable bonds is 0. The van der Waals surface area contributed by atoms with Crippen LogP contribution < -0.4 is 5.73 Å². The average molecular weight is 155 g/mol. The van der Waals surface area contributed by atoms with Gasteiger partial charge in [-0.3, -0.25) is 4.68 Å². The van der Waals surface area contributed by atoms with E-state index in [9.17, 15) is 4.39 Å². The summed E-state index contributed by atoms with van der Waals surface area (Å²) in [6.45, 7) is 0. The van der Waals surface area contributed by atoms with Crippen LogP contribution in [0.5, 0.6) is 0 Å². The van der Waals surface area contributed by atoms with Gasteiger partial charge in [-0.2, -0.15) is 5.10 Å². The molecular formula is C7H10FN3. The Balaban J connectivity index is 2.60. The van der Waals surface area contributed by atoms with E-state index in [-0.39, 0.29) is 0 Å². The fraction of sp³-hybridized carbons (Fsp3) is 0.571. The van der Waals surface area contributed by atoms with Gasteiger partial charge in [0.1, 0.15) is 12.0 Å². The molecule has 4 heteroatoms. The summed E-state index contributed by atoms with van der Waals surface area (Å²) in [7, 11) is 1.73. The Morgan fingerprint density at radius 1 is 1.73 bits per heavy atom. The van der Waals surface area contributed by atoms with E-state index in [4.69, 9.17) is 5.73 Å². The largest absolute Gasteiger partial charge is 0.382 e. The summed E-state index contributed by atoms with van der Waals surface area (Å²) in [5, 5.41) is 3.94. The minimum Gasteiger partial charge on any atom is -0.382 e. The second kappa shape index (κ2) is 1.96. The normalized spacial score (nSPS) is 22.2. The van der Waals surface area contributed by atoms with Crippen molar-refractivity contribution >= 4 is 5.82 Å². The summed E-state index contributed by atoms with van der Waals surface area (Å²) in [4.78, 5) is 0. The molecule has 1 unspecified atom stereocenters. The molecule has 0 bridgehead atoms. The summed E-state index contributed by atoms with van der Waals surface area (Å²) in [6.07, 6.45) is 0.432. The second-order valence-electron chi connectivity index (χ2n) is 2.88. The zero-order chi connectivity index (χ0) is 8.01. The molecule has 11 heavy (non-hydrogen) atoms. The van der Waals surface area contributed by atoms with Crippen LogP contribution >= 0.6 is 0 Å². The number of aromatic nitrogens is 2. The molecule has 0 saturated carbocycles. The first-order valence-electron chi connectivity index (χ1n) is 3.65. The highest BCUT2D eigenvalue weighted by Gasteiger charge is 2.28. The molecule has 0 saturated heterocycles. The third-order valence-electron chi connectivity index (χ3n) is 2.17. The highest BCUT2D eigenvalue weighted by molar-refractivity contribution is 5.46. The third kappa shape index (κ3) is 0.751. The number of nitrogens with zero attached hydrogens (tertiary/aromatic N) is 2. The van der Waals surface area contributed by atoms with Crippen LogP contribution in [0.15, 0.2) is 0 Å². The lowest BCUT2D eigenvalue weighted by molar-refractivity contribution is 0.326. The molecule has 1 atom stereocenters. The van der Waals surface area contributed by atoms with Gasteiger partial charge in [0, 0.05) is 12.6 Å². The molecule has 1 aliphatic rings. The van der Waals surface area contributed by atoms with Gasteiger partial charge in [-0.05, 0) is 12.8 Å². The Morgan fingerprint density at radius 2 is 2.45 bits per heavy atom. The highest BCUT2D eigenvalue weighted by Crippen LogP contribution is 2.36. The first-order valence-corrected chi connectivity index (χ1v) is 3.65. The topological polar surface area (TPSA) is 43.8 Å². The van der Waals surface area contributed by atoms with E-state index in [1.807, 2.05) is 0 Å². The van der Waals surface area contributed by atoms with Gasteiger partial charge in [0.25, 0.3) is 0 Å². The molecule has 0 aliphatic heterocycles. The number of fused-ring (bicyclic) bond motifs is 1. The number of halogens is 1. The Hall–Kier alpha value is -1.06. The van der Waals surface area contributed by atoms with E-state index in [2.05, 4.69) is 5.10 Å². The number of hydrogen-bond donors (Lipinski definition) is 1. The van der Waals surface area contributed by atoms with Crippen molar-refractivity contribution < 1.29 is 4.39 Å². The first-order chi connectivity index (χ1) is 5.20. The van der Waals surface area contributed by atoms with Gasteiger partial charge in [0.2, 0.25) is 0 Å². The molecular weight excluding hydrogens is 145 g/mol. The highest BCUT2D eigenvalue weighted by atomic mass is 19.1. The van der Waals surface area contributed by atoms with Gasteiger partial charge >= 0.3 is 0 Å². The molecule has 0 aromatic carbocycles. The Morgan fingerprint density at radius 3 is 3.09 bits per heavy atom. The fourth-order valence-corrected chi connectivity index (χ4v) is 1.66. The number of nitrogen functional groups attached to an aromatic ring is 1. The van der Waals surface area contributed by atoms with Crippen molar-refractivity contribution in [2.45, 2.75) is 19.0 Å². The summed E-state index contributed by atoms with van der Waals surface area (Å²) >= 11 is 0. The molecule has 2 N–H and O–H groups in total. The van der Waals surface area contributed by atoms with Gasteiger partial charge < -0.3 is 5.73 Å². The van der Waals surface area contributed by atoms with Crippen LogP contribution in [0.3, 0.4) is 0 Å². The van der Waals surface area contributed by atoms with E-state index in [1.165, 1.54) is 0 Å². The number of nitrogens with two attached hydrogens (primary N) is 1. The van der Waals surface area contributed by atoms with Gasteiger partial charge in [0.05, 0.1) is 5.69 Å². The molecule has 3 nitrogen and oxygen atoms in total. The molecule has 1 aromatic heterocycles. The van der Waals surface area contributed by atoms with Crippen LogP contribution in [0.2, 0.25) is 0 Å². The number of aryl methyl sites for hydroxylation is 1. The van der Waals surface area contributed by atoms with Gasteiger partial charge in [-0.25, -0.2) is 4.39 Å². The van der Waals surface area contributed by atoms with Crippen LogP contribution in [-0.4, -0.2) is 9.78 Å². The van der Waals surface area contributed by atoms with Crippen molar-refractivity contribution in [3.05, 3.63) is 11.3 Å². The van der Waals surface area contributed by atoms with Crippen molar-refractivity contribution in [1.29, 1.82) is 0 Å². The number of hydrogen-bond acceptors (Lipinski definition) is 2. The molecule has 1 aromatic rings. The molecule has 0 radical (unpaired) electrons. The first kappa shape index (κ1) is 6.64. The van der Waals surface area contributed by atoms with E-state index >= 15 is 0 Å². The predicted molar refractivity (Wildman–Crippen MR) is 39.8 cm³/mol. The molecule has 2 rings (SSSR count). The van der Waals surface area contributed by atoms with Crippen LogP contribution in [0, 0.1) is 0 Å². The van der Waals surface area contributed by atoms with E-state index in [0.29, 0.717) is 17.9 Å². The van der Waals surface area contributed by atoms with Gasteiger partial charge in [-0.15, -0.1) is 0 Å². The zero-order valence-electron chi connectivity index (χ0n) is 6.34. The maximum absolute atomic E-state index is 13.1. The maximum atomic E-state index is 13.1. The summed E-state index contributed by atoms with van der Waals surface area (Å²) in [5.74, 6) is 0.489. The lowest BCUT2D eigenvalue weighted by Crippen LogP contribution is -1.99. The minimum atomic E-state index is -0.861. The molecule has 1 aliphatic carbocycles. The molecule has 0 fully saturated rings. The number of alkyl halides is 1. The lowest BCUT2D eigenvalue weighted by atomic mass is 10.3. The van der Waals surface area contributed by atoms with Crippen LogP contribution in [0.4, 0.5) is 10.2 Å². The zero-order valence-corrected chi connectivity index (χ0v) is 6.34. The average Bonchev–Trinajstić information content (AvgIpc) is 2.41. The van der Waals surface area contributed by atoms with Crippen molar-refractivity contribution in [3.8, 4) is 0 Å². The standard InChI is InChI=1S/C7H10FN3/c1-11-6-4(7(9)10-11)2-3-5(6)8/h5H,2-3H2,1H3,(H2,9,10).